The Morgan fingerprint density at radius 3 is 3.12 bits per heavy atom. The number of hydrogen-bond acceptors (Lipinski definition) is 3. The molecule has 0 saturated heterocycles. The maximum absolute atomic E-state index is 11.8. The SMILES string of the molecule is O=C(Nc1ccc2[nH]ncc2c1)c1ccsc1. The molecule has 84 valence electrons. The van der Waals surface area contributed by atoms with E-state index in [1.165, 1.54) is 11.3 Å². The molecule has 2 aromatic heterocycles. The van der Waals surface area contributed by atoms with Gasteiger partial charge in [-0.25, -0.2) is 0 Å². The molecule has 0 aliphatic carbocycles. The Morgan fingerprint density at radius 2 is 2.29 bits per heavy atom. The largest absolute Gasteiger partial charge is 0.322 e. The predicted molar refractivity (Wildman–Crippen MR) is 68.4 cm³/mol. The zero-order chi connectivity index (χ0) is 11.7. The van der Waals surface area contributed by atoms with Crippen LogP contribution < -0.4 is 5.32 Å². The maximum Gasteiger partial charge on any atom is 0.256 e. The van der Waals surface area contributed by atoms with E-state index in [1.807, 2.05) is 29.0 Å². The van der Waals surface area contributed by atoms with Crippen LogP contribution in [0, 0.1) is 0 Å². The number of aromatic amines is 1. The molecule has 0 radical (unpaired) electrons. The minimum atomic E-state index is -0.0888. The lowest BCUT2D eigenvalue weighted by Gasteiger charge is -2.03. The Kier molecular flexibility index (Phi) is 2.38. The van der Waals surface area contributed by atoms with Gasteiger partial charge in [0.1, 0.15) is 0 Å². The van der Waals surface area contributed by atoms with Crippen LogP contribution in [0.15, 0.2) is 41.2 Å². The van der Waals surface area contributed by atoms with Gasteiger partial charge in [-0.3, -0.25) is 9.89 Å². The van der Waals surface area contributed by atoms with Crippen LogP contribution in [-0.4, -0.2) is 16.1 Å². The molecule has 1 amide bonds. The molecule has 4 nitrogen and oxygen atoms in total. The van der Waals surface area contributed by atoms with E-state index in [0.29, 0.717) is 5.56 Å². The average molecular weight is 243 g/mol. The molecule has 17 heavy (non-hydrogen) atoms. The fourth-order valence-corrected chi connectivity index (χ4v) is 2.25. The van der Waals surface area contributed by atoms with Crippen molar-refractivity contribution < 1.29 is 4.79 Å². The van der Waals surface area contributed by atoms with Gasteiger partial charge in [0.25, 0.3) is 5.91 Å². The molecular formula is C12H9N3OS. The summed E-state index contributed by atoms with van der Waals surface area (Å²) >= 11 is 1.51. The van der Waals surface area contributed by atoms with Gasteiger partial charge in [-0.2, -0.15) is 16.4 Å². The van der Waals surface area contributed by atoms with E-state index in [1.54, 1.807) is 12.3 Å². The Labute approximate surface area is 101 Å². The number of benzene rings is 1. The molecule has 3 aromatic rings. The minimum Gasteiger partial charge on any atom is -0.322 e. The van der Waals surface area contributed by atoms with Crippen LogP contribution in [-0.2, 0) is 0 Å². The highest BCUT2D eigenvalue weighted by Crippen LogP contribution is 2.17. The third-order valence-corrected chi connectivity index (χ3v) is 3.16. The van der Waals surface area contributed by atoms with E-state index >= 15 is 0 Å². The van der Waals surface area contributed by atoms with Gasteiger partial charge >= 0.3 is 0 Å². The summed E-state index contributed by atoms with van der Waals surface area (Å²) in [7, 11) is 0. The van der Waals surface area contributed by atoms with Crippen LogP contribution in [0.4, 0.5) is 5.69 Å². The summed E-state index contributed by atoms with van der Waals surface area (Å²) in [6.45, 7) is 0. The second-order valence-corrected chi connectivity index (χ2v) is 4.42. The second-order valence-electron chi connectivity index (χ2n) is 3.64. The number of aromatic nitrogens is 2. The Morgan fingerprint density at radius 1 is 1.35 bits per heavy atom. The van der Waals surface area contributed by atoms with Crippen molar-refractivity contribution in [2.24, 2.45) is 0 Å². The lowest BCUT2D eigenvalue weighted by atomic mass is 10.2. The molecule has 2 N–H and O–H groups in total. The molecular weight excluding hydrogens is 234 g/mol. The summed E-state index contributed by atoms with van der Waals surface area (Å²) in [5.74, 6) is -0.0888. The molecule has 0 aliphatic heterocycles. The highest BCUT2D eigenvalue weighted by molar-refractivity contribution is 7.08. The molecule has 3 rings (SSSR count). The fraction of sp³-hybridized carbons (Fsp3) is 0. The van der Waals surface area contributed by atoms with Crippen LogP contribution in [0.5, 0.6) is 0 Å². The molecule has 0 atom stereocenters. The average Bonchev–Trinajstić information content (AvgIpc) is 2.99. The standard InChI is InChI=1S/C12H9N3OS/c16-12(8-3-4-17-7-8)14-10-1-2-11-9(5-10)6-13-15-11/h1-7H,(H,13,15)(H,14,16). The van der Waals surface area contributed by atoms with Crippen molar-refractivity contribution in [3.05, 3.63) is 46.8 Å². The molecule has 0 spiro atoms. The van der Waals surface area contributed by atoms with Crippen molar-refractivity contribution in [2.45, 2.75) is 0 Å². The van der Waals surface area contributed by atoms with Crippen LogP contribution >= 0.6 is 11.3 Å². The molecule has 5 heteroatoms. The van der Waals surface area contributed by atoms with E-state index in [2.05, 4.69) is 15.5 Å². The number of H-pyrrole nitrogens is 1. The number of nitrogens with zero attached hydrogens (tertiary/aromatic N) is 1. The topological polar surface area (TPSA) is 57.8 Å². The fourth-order valence-electron chi connectivity index (χ4n) is 1.62. The molecule has 0 fully saturated rings. The Balaban J connectivity index is 1.87. The number of thiophene rings is 1. The summed E-state index contributed by atoms with van der Waals surface area (Å²) in [5, 5.41) is 14.3. The number of anilines is 1. The second kappa shape index (κ2) is 4.03. The number of hydrogen-bond donors (Lipinski definition) is 2. The van der Waals surface area contributed by atoms with Gasteiger partial charge in [-0.1, -0.05) is 0 Å². The molecule has 1 aromatic carbocycles. The molecule has 2 heterocycles. The zero-order valence-corrected chi connectivity index (χ0v) is 9.62. The lowest BCUT2D eigenvalue weighted by molar-refractivity contribution is 0.102. The van der Waals surface area contributed by atoms with Gasteiger partial charge < -0.3 is 5.32 Å². The minimum absolute atomic E-state index is 0.0888. The van der Waals surface area contributed by atoms with Crippen molar-refractivity contribution in [3.8, 4) is 0 Å². The van der Waals surface area contributed by atoms with Gasteiger partial charge in [-0.15, -0.1) is 0 Å². The monoisotopic (exact) mass is 243 g/mol. The van der Waals surface area contributed by atoms with Gasteiger partial charge in [0.05, 0.1) is 17.3 Å². The molecule has 0 saturated carbocycles. The van der Waals surface area contributed by atoms with E-state index in [0.717, 1.165) is 16.6 Å². The summed E-state index contributed by atoms with van der Waals surface area (Å²) in [6, 6.07) is 7.44. The number of rotatable bonds is 2. The smallest absolute Gasteiger partial charge is 0.256 e. The summed E-state index contributed by atoms with van der Waals surface area (Å²) in [4.78, 5) is 11.8. The first-order valence-corrected chi connectivity index (χ1v) is 6.04. The van der Waals surface area contributed by atoms with Gasteiger partial charge in [0.2, 0.25) is 0 Å². The lowest BCUT2D eigenvalue weighted by Crippen LogP contribution is -2.10. The van der Waals surface area contributed by atoms with Crippen molar-refractivity contribution >= 4 is 33.8 Å². The van der Waals surface area contributed by atoms with E-state index in [4.69, 9.17) is 0 Å². The molecule has 0 aliphatic rings. The molecule has 0 unspecified atom stereocenters. The number of fused-ring (bicyclic) bond motifs is 1. The summed E-state index contributed by atoms with van der Waals surface area (Å²) in [5.41, 5.74) is 2.41. The van der Waals surface area contributed by atoms with Crippen LogP contribution in [0.1, 0.15) is 10.4 Å². The van der Waals surface area contributed by atoms with E-state index in [9.17, 15) is 4.79 Å². The quantitative estimate of drug-likeness (QED) is 0.727. The van der Waals surface area contributed by atoms with Crippen molar-refractivity contribution in [3.63, 3.8) is 0 Å². The first-order valence-electron chi connectivity index (χ1n) is 5.09. The van der Waals surface area contributed by atoms with Crippen molar-refractivity contribution in [2.75, 3.05) is 5.32 Å². The van der Waals surface area contributed by atoms with Crippen LogP contribution in [0.25, 0.3) is 10.9 Å². The number of carbonyl (C=O) groups excluding carboxylic acids is 1. The van der Waals surface area contributed by atoms with Crippen LogP contribution in [0.2, 0.25) is 0 Å². The van der Waals surface area contributed by atoms with Crippen LogP contribution in [0.3, 0.4) is 0 Å². The normalized spacial score (nSPS) is 10.6. The van der Waals surface area contributed by atoms with Gasteiger partial charge in [-0.05, 0) is 29.6 Å². The number of amides is 1. The molecule has 0 bridgehead atoms. The van der Waals surface area contributed by atoms with Gasteiger partial charge in [0.15, 0.2) is 0 Å². The third-order valence-electron chi connectivity index (χ3n) is 2.48. The van der Waals surface area contributed by atoms with E-state index < -0.39 is 0 Å². The highest BCUT2D eigenvalue weighted by atomic mass is 32.1. The summed E-state index contributed by atoms with van der Waals surface area (Å²) in [6.07, 6.45) is 1.73. The Hall–Kier alpha value is -2.14. The van der Waals surface area contributed by atoms with Crippen molar-refractivity contribution in [1.82, 2.24) is 10.2 Å². The van der Waals surface area contributed by atoms with Crippen molar-refractivity contribution in [1.29, 1.82) is 0 Å². The maximum atomic E-state index is 11.8. The first kappa shape index (κ1) is 10.0. The Bertz CT molecular complexity index is 657. The predicted octanol–water partition coefficient (Wildman–Crippen LogP) is 2.88. The number of carbonyl (C=O) groups is 1. The van der Waals surface area contributed by atoms with E-state index in [-0.39, 0.29) is 5.91 Å². The number of nitrogens with one attached hydrogen (secondary N) is 2. The third kappa shape index (κ3) is 1.92. The zero-order valence-electron chi connectivity index (χ0n) is 8.81. The summed E-state index contributed by atoms with van der Waals surface area (Å²) < 4.78 is 0. The highest BCUT2D eigenvalue weighted by Gasteiger charge is 2.06. The first-order chi connectivity index (χ1) is 8.33. The van der Waals surface area contributed by atoms with Gasteiger partial charge in [0, 0.05) is 16.5 Å².